The Morgan fingerprint density at radius 1 is 0.947 bits per heavy atom. The molecule has 1 aliphatic rings. The summed E-state index contributed by atoms with van der Waals surface area (Å²) in [7, 11) is 0. The van der Waals surface area contributed by atoms with E-state index >= 15 is 0 Å². The Morgan fingerprint density at radius 3 is 2.53 bits per heavy atom. The fourth-order valence-corrected chi connectivity index (χ4v) is 2.01. The number of amides is 1. The Balaban J connectivity index is 2.12. The molecule has 2 aromatic rings. The van der Waals surface area contributed by atoms with Gasteiger partial charge < -0.3 is 15.7 Å². The highest BCUT2D eigenvalue weighted by Gasteiger charge is 2.19. The maximum atomic E-state index is 12.1. The fourth-order valence-electron chi connectivity index (χ4n) is 2.01. The topological polar surface area (TPSA) is 78.4 Å². The van der Waals surface area contributed by atoms with E-state index in [4.69, 9.17) is 5.11 Å². The second-order valence-corrected chi connectivity index (χ2v) is 4.19. The van der Waals surface area contributed by atoms with Crippen molar-refractivity contribution >= 4 is 28.9 Å². The Hall–Kier alpha value is -2.82. The summed E-state index contributed by atoms with van der Waals surface area (Å²) >= 11 is 0. The molecule has 3 N–H and O–H groups in total. The maximum Gasteiger partial charge on any atom is 0.335 e. The van der Waals surface area contributed by atoms with Crippen molar-refractivity contribution < 1.29 is 14.7 Å². The lowest BCUT2D eigenvalue weighted by Crippen LogP contribution is -2.11. The van der Waals surface area contributed by atoms with E-state index in [2.05, 4.69) is 10.6 Å². The summed E-state index contributed by atoms with van der Waals surface area (Å²) < 4.78 is 0. The first kappa shape index (κ1) is 11.3. The molecule has 0 fully saturated rings. The molecule has 1 aliphatic heterocycles. The summed E-state index contributed by atoms with van der Waals surface area (Å²) in [6, 6.07) is 11.7. The van der Waals surface area contributed by atoms with Gasteiger partial charge in [0.15, 0.2) is 0 Å². The summed E-state index contributed by atoms with van der Waals surface area (Å²) in [4.78, 5) is 23.0. The van der Waals surface area contributed by atoms with Crippen LogP contribution in [0, 0.1) is 0 Å². The Labute approximate surface area is 108 Å². The number of anilines is 3. The number of para-hydroxylation sites is 1. The lowest BCUT2D eigenvalue weighted by molar-refractivity contribution is 0.0696. The molecule has 19 heavy (non-hydrogen) atoms. The minimum Gasteiger partial charge on any atom is -0.478 e. The predicted molar refractivity (Wildman–Crippen MR) is 71.1 cm³/mol. The van der Waals surface area contributed by atoms with Crippen LogP contribution in [0.15, 0.2) is 42.5 Å². The average Bonchev–Trinajstić information content (AvgIpc) is 2.54. The molecule has 0 saturated heterocycles. The zero-order valence-electron chi connectivity index (χ0n) is 9.81. The van der Waals surface area contributed by atoms with Crippen molar-refractivity contribution in [2.24, 2.45) is 0 Å². The van der Waals surface area contributed by atoms with E-state index in [1.54, 1.807) is 24.3 Å². The molecule has 0 saturated carbocycles. The Bertz CT molecular complexity index is 695. The van der Waals surface area contributed by atoms with Gasteiger partial charge in [-0.1, -0.05) is 12.1 Å². The van der Waals surface area contributed by atoms with Crippen molar-refractivity contribution in [1.29, 1.82) is 0 Å². The molecule has 5 heteroatoms. The first-order valence-corrected chi connectivity index (χ1v) is 5.70. The second-order valence-electron chi connectivity index (χ2n) is 4.19. The highest BCUT2D eigenvalue weighted by atomic mass is 16.4. The summed E-state index contributed by atoms with van der Waals surface area (Å²) in [6.07, 6.45) is 0. The standard InChI is InChI=1S/C14H10N2O3/c17-13-9-3-1-2-4-10(9)15-11-6-5-8(14(18)19)7-12(11)16-13/h1-7,15H,(H,16,17)(H,18,19). The van der Waals surface area contributed by atoms with Crippen LogP contribution in [0.4, 0.5) is 17.1 Å². The van der Waals surface area contributed by atoms with Crippen LogP contribution in [0.5, 0.6) is 0 Å². The van der Waals surface area contributed by atoms with E-state index in [0.717, 1.165) is 0 Å². The van der Waals surface area contributed by atoms with Gasteiger partial charge in [0.05, 0.1) is 28.2 Å². The molecule has 0 radical (unpaired) electrons. The maximum absolute atomic E-state index is 12.1. The molecule has 0 bridgehead atoms. The van der Waals surface area contributed by atoms with Gasteiger partial charge in [0.25, 0.3) is 5.91 Å². The second kappa shape index (κ2) is 4.13. The Morgan fingerprint density at radius 2 is 1.74 bits per heavy atom. The molecule has 2 aromatic carbocycles. The molecule has 1 amide bonds. The van der Waals surface area contributed by atoms with E-state index < -0.39 is 5.97 Å². The number of carbonyl (C=O) groups excluding carboxylic acids is 1. The summed E-state index contributed by atoms with van der Waals surface area (Å²) in [6.45, 7) is 0. The summed E-state index contributed by atoms with van der Waals surface area (Å²) in [5.41, 5.74) is 2.48. The van der Waals surface area contributed by atoms with Crippen molar-refractivity contribution in [3.63, 3.8) is 0 Å². The highest BCUT2D eigenvalue weighted by molar-refractivity contribution is 6.12. The number of carboxylic acids is 1. The van der Waals surface area contributed by atoms with Crippen LogP contribution in [-0.2, 0) is 0 Å². The number of hydrogen-bond donors (Lipinski definition) is 3. The van der Waals surface area contributed by atoms with Crippen LogP contribution >= 0.6 is 0 Å². The van der Waals surface area contributed by atoms with Gasteiger partial charge in [-0.2, -0.15) is 0 Å². The summed E-state index contributed by atoms with van der Waals surface area (Å²) in [5, 5.41) is 14.8. The minimum absolute atomic E-state index is 0.131. The molecule has 3 rings (SSSR count). The van der Waals surface area contributed by atoms with E-state index in [9.17, 15) is 9.59 Å². The Kier molecular flexibility index (Phi) is 2.45. The molecule has 0 aliphatic carbocycles. The first-order valence-electron chi connectivity index (χ1n) is 5.70. The third-order valence-corrected chi connectivity index (χ3v) is 2.96. The predicted octanol–water partition coefficient (Wildman–Crippen LogP) is 2.69. The number of hydrogen-bond acceptors (Lipinski definition) is 3. The quantitative estimate of drug-likeness (QED) is 0.731. The van der Waals surface area contributed by atoms with Gasteiger partial charge in [0.1, 0.15) is 0 Å². The largest absolute Gasteiger partial charge is 0.478 e. The average molecular weight is 254 g/mol. The van der Waals surface area contributed by atoms with E-state index in [1.165, 1.54) is 12.1 Å². The van der Waals surface area contributed by atoms with Crippen molar-refractivity contribution in [3.05, 3.63) is 53.6 Å². The van der Waals surface area contributed by atoms with E-state index in [-0.39, 0.29) is 11.5 Å². The minimum atomic E-state index is -1.03. The normalized spacial score (nSPS) is 12.5. The zero-order chi connectivity index (χ0) is 13.4. The fraction of sp³-hybridized carbons (Fsp3) is 0. The van der Waals surface area contributed by atoms with Crippen LogP contribution in [0.3, 0.4) is 0 Å². The molecular formula is C14H10N2O3. The van der Waals surface area contributed by atoms with Crippen molar-refractivity contribution in [2.45, 2.75) is 0 Å². The smallest absolute Gasteiger partial charge is 0.335 e. The lowest BCUT2D eigenvalue weighted by atomic mass is 10.1. The van der Waals surface area contributed by atoms with Crippen molar-refractivity contribution in [2.75, 3.05) is 10.6 Å². The molecular weight excluding hydrogens is 244 g/mol. The van der Waals surface area contributed by atoms with Crippen LogP contribution in [0.1, 0.15) is 20.7 Å². The van der Waals surface area contributed by atoms with Crippen LogP contribution in [-0.4, -0.2) is 17.0 Å². The molecule has 94 valence electrons. The van der Waals surface area contributed by atoms with Crippen LogP contribution < -0.4 is 10.6 Å². The third-order valence-electron chi connectivity index (χ3n) is 2.96. The lowest BCUT2D eigenvalue weighted by Gasteiger charge is -2.08. The number of aromatic carboxylic acids is 1. The van der Waals surface area contributed by atoms with Crippen LogP contribution in [0.25, 0.3) is 0 Å². The molecule has 0 atom stereocenters. The summed E-state index contributed by atoms with van der Waals surface area (Å²) in [5.74, 6) is -1.29. The van der Waals surface area contributed by atoms with Gasteiger partial charge in [0, 0.05) is 0 Å². The van der Waals surface area contributed by atoms with E-state index in [1.807, 2.05) is 6.07 Å². The molecule has 0 unspecified atom stereocenters. The number of rotatable bonds is 1. The number of carbonyl (C=O) groups is 2. The number of carboxylic acid groups (broad SMARTS) is 1. The van der Waals surface area contributed by atoms with Gasteiger partial charge >= 0.3 is 5.97 Å². The zero-order valence-corrected chi connectivity index (χ0v) is 9.81. The van der Waals surface area contributed by atoms with E-state index in [0.29, 0.717) is 22.6 Å². The SMILES string of the molecule is O=C(O)c1ccc2c(c1)NC(=O)c1ccccc1N2. The highest BCUT2D eigenvalue weighted by Crippen LogP contribution is 2.32. The van der Waals surface area contributed by atoms with Crippen molar-refractivity contribution in [3.8, 4) is 0 Å². The molecule has 0 spiro atoms. The molecule has 5 nitrogen and oxygen atoms in total. The number of benzene rings is 2. The van der Waals surface area contributed by atoms with Gasteiger partial charge in [-0.3, -0.25) is 4.79 Å². The number of nitrogens with one attached hydrogen (secondary N) is 2. The molecule has 1 heterocycles. The van der Waals surface area contributed by atoms with Gasteiger partial charge in [-0.15, -0.1) is 0 Å². The third kappa shape index (κ3) is 1.91. The monoisotopic (exact) mass is 254 g/mol. The van der Waals surface area contributed by atoms with Gasteiger partial charge in [0.2, 0.25) is 0 Å². The van der Waals surface area contributed by atoms with Crippen LogP contribution in [0.2, 0.25) is 0 Å². The number of fused-ring (bicyclic) bond motifs is 2. The first-order chi connectivity index (χ1) is 9.15. The molecule has 0 aromatic heterocycles. The van der Waals surface area contributed by atoms with Crippen molar-refractivity contribution in [1.82, 2.24) is 0 Å². The van der Waals surface area contributed by atoms with Gasteiger partial charge in [-0.05, 0) is 30.3 Å². The van der Waals surface area contributed by atoms with Gasteiger partial charge in [-0.25, -0.2) is 4.79 Å².